The smallest absolute Gasteiger partial charge is 0.251 e. The highest BCUT2D eigenvalue weighted by atomic mass is 16.5. The normalized spacial score (nSPS) is 10.4. The lowest BCUT2D eigenvalue weighted by Crippen LogP contribution is -2.23. The van der Waals surface area contributed by atoms with Crippen molar-refractivity contribution in [3.05, 3.63) is 66.5 Å². The van der Waals surface area contributed by atoms with Gasteiger partial charge < -0.3 is 19.8 Å². The van der Waals surface area contributed by atoms with Crippen LogP contribution >= 0.6 is 0 Å². The molecular weight excluding hydrogens is 318 g/mol. The second-order valence-electron chi connectivity index (χ2n) is 5.35. The summed E-state index contributed by atoms with van der Waals surface area (Å²) in [6.45, 7) is 4.29. The Labute approximate surface area is 145 Å². The van der Waals surface area contributed by atoms with Crippen molar-refractivity contribution in [3.8, 4) is 11.5 Å². The predicted molar refractivity (Wildman–Crippen MR) is 95.9 cm³/mol. The van der Waals surface area contributed by atoms with Crippen LogP contribution in [0.25, 0.3) is 11.0 Å². The Morgan fingerprint density at radius 1 is 1.28 bits per heavy atom. The van der Waals surface area contributed by atoms with Crippen molar-refractivity contribution in [2.45, 2.75) is 6.54 Å². The molecule has 25 heavy (non-hydrogen) atoms. The fourth-order valence-corrected chi connectivity index (χ4v) is 2.43. The number of aromatic nitrogens is 2. The van der Waals surface area contributed by atoms with Crippen LogP contribution in [0.1, 0.15) is 16.2 Å². The molecule has 0 saturated heterocycles. The maximum Gasteiger partial charge on any atom is 0.251 e. The maximum absolute atomic E-state index is 12.4. The Balaban J connectivity index is 1.68. The Hall–Kier alpha value is -3.28. The molecule has 0 saturated carbocycles. The van der Waals surface area contributed by atoms with Gasteiger partial charge in [-0.3, -0.25) is 4.79 Å². The summed E-state index contributed by atoms with van der Waals surface area (Å²) in [6, 6.07) is 12.8. The first-order valence-corrected chi connectivity index (χ1v) is 7.85. The van der Waals surface area contributed by atoms with Gasteiger partial charge in [0.25, 0.3) is 5.91 Å². The number of fused-ring (bicyclic) bond motifs is 1. The number of H-pyrrole nitrogens is 1. The molecule has 6 heteroatoms. The molecule has 0 spiro atoms. The van der Waals surface area contributed by atoms with E-state index in [0.29, 0.717) is 36.0 Å². The third-order valence-electron chi connectivity index (χ3n) is 3.64. The van der Waals surface area contributed by atoms with E-state index in [4.69, 9.17) is 9.47 Å². The molecule has 2 N–H and O–H groups in total. The predicted octanol–water partition coefficient (Wildman–Crippen LogP) is 3.07. The van der Waals surface area contributed by atoms with Crippen molar-refractivity contribution >= 4 is 16.9 Å². The van der Waals surface area contributed by atoms with Crippen molar-refractivity contribution in [2.24, 2.45) is 0 Å². The van der Waals surface area contributed by atoms with Gasteiger partial charge in [-0.15, -0.1) is 0 Å². The Bertz CT molecular complexity index is 869. The Morgan fingerprint density at radius 2 is 2.12 bits per heavy atom. The zero-order valence-corrected chi connectivity index (χ0v) is 13.9. The molecule has 6 nitrogen and oxygen atoms in total. The van der Waals surface area contributed by atoms with Crippen molar-refractivity contribution in [2.75, 3.05) is 13.7 Å². The van der Waals surface area contributed by atoms with Crippen molar-refractivity contribution in [1.82, 2.24) is 15.3 Å². The molecule has 2 aromatic carbocycles. The minimum absolute atomic E-state index is 0.214. The summed E-state index contributed by atoms with van der Waals surface area (Å²) in [5.41, 5.74) is 2.30. The maximum atomic E-state index is 12.4. The van der Waals surface area contributed by atoms with E-state index in [-0.39, 0.29) is 5.91 Å². The monoisotopic (exact) mass is 337 g/mol. The van der Waals surface area contributed by atoms with Crippen molar-refractivity contribution in [1.29, 1.82) is 0 Å². The van der Waals surface area contributed by atoms with E-state index in [2.05, 4.69) is 21.9 Å². The first-order valence-electron chi connectivity index (χ1n) is 7.85. The summed E-state index contributed by atoms with van der Waals surface area (Å²) in [4.78, 5) is 20.0. The van der Waals surface area contributed by atoms with Gasteiger partial charge in [0.2, 0.25) is 0 Å². The molecule has 0 aliphatic rings. The van der Waals surface area contributed by atoms with E-state index in [0.717, 1.165) is 11.0 Å². The minimum atomic E-state index is -0.214. The highest BCUT2D eigenvalue weighted by Crippen LogP contribution is 2.28. The van der Waals surface area contributed by atoms with Crippen molar-refractivity contribution in [3.63, 3.8) is 0 Å². The summed E-state index contributed by atoms with van der Waals surface area (Å²) < 4.78 is 10.8. The van der Waals surface area contributed by atoms with Crippen LogP contribution in [0.3, 0.4) is 0 Å². The summed E-state index contributed by atoms with van der Waals surface area (Å²) >= 11 is 0. The highest BCUT2D eigenvalue weighted by molar-refractivity contribution is 5.94. The number of para-hydroxylation sites is 2. The highest BCUT2D eigenvalue weighted by Gasteiger charge is 2.12. The molecule has 3 aromatic rings. The summed E-state index contributed by atoms with van der Waals surface area (Å²) in [7, 11) is 1.53. The molecule has 0 fully saturated rings. The van der Waals surface area contributed by atoms with Crippen LogP contribution in [0.15, 0.2) is 55.1 Å². The van der Waals surface area contributed by atoms with Crippen LogP contribution in [0, 0.1) is 0 Å². The van der Waals surface area contributed by atoms with E-state index >= 15 is 0 Å². The average Bonchev–Trinajstić information content (AvgIpc) is 3.07. The summed E-state index contributed by atoms with van der Waals surface area (Å²) in [5, 5.41) is 2.84. The third kappa shape index (κ3) is 3.80. The molecule has 0 radical (unpaired) electrons. The second-order valence-corrected chi connectivity index (χ2v) is 5.35. The van der Waals surface area contributed by atoms with E-state index in [1.54, 1.807) is 24.3 Å². The zero-order chi connectivity index (χ0) is 17.6. The summed E-state index contributed by atoms with van der Waals surface area (Å²) in [5.74, 6) is 1.55. The van der Waals surface area contributed by atoms with Gasteiger partial charge in [0, 0.05) is 5.56 Å². The van der Waals surface area contributed by atoms with E-state index in [9.17, 15) is 4.79 Å². The molecular formula is C19H19N3O3. The number of hydrogen-bond acceptors (Lipinski definition) is 4. The molecule has 1 heterocycles. The van der Waals surface area contributed by atoms with E-state index in [1.807, 2.05) is 24.3 Å². The number of ether oxygens (including phenoxy) is 2. The van der Waals surface area contributed by atoms with Crippen LogP contribution in [0.4, 0.5) is 0 Å². The molecule has 3 rings (SSSR count). The zero-order valence-electron chi connectivity index (χ0n) is 13.9. The lowest BCUT2D eigenvalue weighted by molar-refractivity contribution is 0.0949. The number of carbonyl (C=O) groups excluding carboxylic acids is 1. The first-order chi connectivity index (χ1) is 12.2. The number of benzene rings is 2. The molecule has 0 bridgehead atoms. The number of aromatic amines is 1. The van der Waals surface area contributed by atoms with Crippen molar-refractivity contribution < 1.29 is 14.3 Å². The standard InChI is InChI=1S/C19H19N3O3/c1-3-10-25-16-9-8-13(11-17(16)24-2)19(23)20-12-18-21-14-6-4-5-7-15(14)22-18/h3-9,11H,1,10,12H2,2H3,(H,20,23)(H,21,22). The fraction of sp³-hybridized carbons (Fsp3) is 0.158. The molecule has 128 valence electrons. The number of hydrogen-bond donors (Lipinski definition) is 2. The van der Waals surface area contributed by atoms with E-state index < -0.39 is 0 Å². The summed E-state index contributed by atoms with van der Waals surface area (Å²) in [6.07, 6.45) is 1.65. The van der Waals surface area contributed by atoms with E-state index in [1.165, 1.54) is 7.11 Å². The third-order valence-corrected chi connectivity index (χ3v) is 3.64. The number of nitrogens with zero attached hydrogens (tertiary/aromatic N) is 1. The Morgan fingerprint density at radius 3 is 2.88 bits per heavy atom. The number of carbonyl (C=O) groups is 1. The topological polar surface area (TPSA) is 76.2 Å². The van der Waals surface area contributed by atoms with Gasteiger partial charge in [-0.25, -0.2) is 4.98 Å². The van der Waals surface area contributed by atoms with Gasteiger partial charge in [0.1, 0.15) is 12.4 Å². The molecule has 1 aromatic heterocycles. The lowest BCUT2D eigenvalue weighted by Gasteiger charge is -2.11. The number of amides is 1. The van der Waals surface area contributed by atoms with Gasteiger partial charge in [-0.1, -0.05) is 24.8 Å². The van der Waals surface area contributed by atoms with Crippen LogP contribution < -0.4 is 14.8 Å². The number of rotatable bonds is 7. The van der Waals surface area contributed by atoms with Gasteiger partial charge in [0.05, 0.1) is 24.7 Å². The number of imidazole rings is 1. The average molecular weight is 337 g/mol. The number of methoxy groups -OCH3 is 1. The molecule has 0 aliphatic carbocycles. The SMILES string of the molecule is C=CCOc1ccc(C(=O)NCc2nc3ccccc3[nH]2)cc1OC. The van der Waals surface area contributed by atoms with Gasteiger partial charge in [-0.05, 0) is 30.3 Å². The number of nitrogens with one attached hydrogen (secondary N) is 2. The largest absolute Gasteiger partial charge is 0.493 e. The molecule has 0 aliphatic heterocycles. The second kappa shape index (κ2) is 7.53. The van der Waals surface area contributed by atoms with Crippen LogP contribution in [-0.4, -0.2) is 29.6 Å². The molecule has 1 amide bonds. The van der Waals surface area contributed by atoms with Crippen LogP contribution in [0.5, 0.6) is 11.5 Å². The van der Waals surface area contributed by atoms with Gasteiger partial charge in [0.15, 0.2) is 11.5 Å². The minimum Gasteiger partial charge on any atom is -0.493 e. The Kier molecular flexibility index (Phi) is 4.99. The lowest BCUT2D eigenvalue weighted by atomic mass is 10.2. The molecule has 0 atom stereocenters. The van der Waals surface area contributed by atoms with Gasteiger partial charge in [-0.2, -0.15) is 0 Å². The fourth-order valence-electron chi connectivity index (χ4n) is 2.43. The quantitative estimate of drug-likeness (QED) is 0.650. The van der Waals surface area contributed by atoms with Crippen LogP contribution in [-0.2, 0) is 6.54 Å². The van der Waals surface area contributed by atoms with Crippen LogP contribution in [0.2, 0.25) is 0 Å². The van der Waals surface area contributed by atoms with Gasteiger partial charge >= 0.3 is 0 Å². The molecule has 0 unspecified atom stereocenters. The first kappa shape index (κ1) is 16.6.